The third-order valence-corrected chi connectivity index (χ3v) is 8.13. The van der Waals surface area contributed by atoms with Crippen molar-refractivity contribution in [2.45, 2.75) is 22.6 Å². The van der Waals surface area contributed by atoms with Crippen LogP contribution in [-0.2, 0) is 16.4 Å². The van der Waals surface area contributed by atoms with Crippen molar-refractivity contribution in [3.8, 4) is 11.1 Å². The molecule has 0 unspecified atom stereocenters. The highest BCUT2D eigenvalue weighted by Gasteiger charge is 2.50. The number of halogens is 2. The van der Waals surface area contributed by atoms with Crippen LogP contribution in [0.3, 0.4) is 0 Å². The summed E-state index contributed by atoms with van der Waals surface area (Å²) in [7, 11) is -3.44. The molecule has 3 aromatic rings. The van der Waals surface area contributed by atoms with Crippen molar-refractivity contribution in [1.82, 2.24) is 9.88 Å². The van der Waals surface area contributed by atoms with E-state index in [9.17, 15) is 17.2 Å². The number of sulfone groups is 1. The van der Waals surface area contributed by atoms with Crippen LogP contribution in [0.15, 0.2) is 65.7 Å². The molecular weight excluding hydrogens is 394 g/mol. The number of hydrogen-bond acceptors (Lipinski definition) is 4. The summed E-state index contributed by atoms with van der Waals surface area (Å²) in [5, 5.41) is -0.522. The number of likely N-dealkylation sites (tertiary alicyclic amines) is 1. The molecule has 2 aromatic carbocycles. The van der Waals surface area contributed by atoms with Gasteiger partial charge < -0.3 is 0 Å². The first-order valence-corrected chi connectivity index (χ1v) is 10.9. The SMILES string of the molecule is O=S1(=O)c2ccc(-c3ccc(F)nc3)cc2[C@@H]2CN(Cc3ccccc3F)C[C@H]21. The zero-order valence-corrected chi connectivity index (χ0v) is 16.2. The molecule has 0 N–H and O–H groups in total. The van der Waals surface area contributed by atoms with Crippen LogP contribution in [0.5, 0.6) is 0 Å². The first kappa shape index (κ1) is 18.4. The topological polar surface area (TPSA) is 50.3 Å². The zero-order chi connectivity index (χ0) is 20.2. The quantitative estimate of drug-likeness (QED) is 0.615. The molecular formula is C22H18F2N2O2S. The molecule has 148 valence electrons. The number of hydrogen-bond donors (Lipinski definition) is 0. The predicted octanol–water partition coefficient (Wildman–Crippen LogP) is 3.78. The molecule has 2 atom stereocenters. The fraction of sp³-hybridized carbons (Fsp3) is 0.227. The van der Waals surface area contributed by atoms with Gasteiger partial charge in [-0.1, -0.05) is 24.3 Å². The Morgan fingerprint density at radius 1 is 1.00 bits per heavy atom. The Bertz CT molecular complexity index is 1200. The van der Waals surface area contributed by atoms with E-state index in [0.717, 1.165) is 16.7 Å². The maximum Gasteiger partial charge on any atom is 0.212 e. The van der Waals surface area contributed by atoms with Crippen molar-refractivity contribution >= 4 is 9.84 Å². The number of benzene rings is 2. The lowest BCUT2D eigenvalue weighted by molar-refractivity contribution is 0.320. The van der Waals surface area contributed by atoms with E-state index >= 15 is 0 Å². The van der Waals surface area contributed by atoms with Crippen LogP contribution < -0.4 is 0 Å². The van der Waals surface area contributed by atoms with Gasteiger partial charge in [0, 0.05) is 42.9 Å². The summed E-state index contributed by atoms with van der Waals surface area (Å²) in [6.45, 7) is 1.31. The third kappa shape index (κ3) is 3.05. The highest BCUT2D eigenvalue weighted by atomic mass is 32.2. The molecule has 7 heteroatoms. The lowest BCUT2D eigenvalue weighted by atomic mass is 9.95. The minimum absolute atomic E-state index is 0.157. The number of aromatic nitrogens is 1. The Kier molecular flexibility index (Phi) is 4.26. The Morgan fingerprint density at radius 2 is 1.79 bits per heavy atom. The van der Waals surface area contributed by atoms with Gasteiger partial charge in [-0.3, -0.25) is 4.90 Å². The fourth-order valence-electron chi connectivity index (χ4n) is 4.45. The van der Waals surface area contributed by atoms with Crippen molar-refractivity contribution in [2.75, 3.05) is 13.1 Å². The highest BCUT2D eigenvalue weighted by Crippen LogP contribution is 2.46. The van der Waals surface area contributed by atoms with Crippen molar-refractivity contribution in [3.63, 3.8) is 0 Å². The molecule has 3 heterocycles. The lowest BCUT2D eigenvalue weighted by Gasteiger charge is -2.18. The van der Waals surface area contributed by atoms with Crippen LogP contribution in [0, 0.1) is 11.8 Å². The van der Waals surface area contributed by atoms with Gasteiger partial charge in [-0.25, -0.2) is 17.8 Å². The predicted molar refractivity (Wildman–Crippen MR) is 105 cm³/mol. The Labute approximate surface area is 167 Å². The first-order chi connectivity index (χ1) is 13.9. The van der Waals surface area contributed by atoms with E-state index in [4.69, 9.17) is 0 Å². The summed E-state index contributed by atoms with van der Waals surface area (Å²) in [6.07, 6.45) is 1.44. The van der Waals surface area contributed by atoms with E-state index in [1.165, 1.54) is 18.3 Å². The average molecular weight is 412 g/mol. The van der Waals surface area contributed by atoms with E-state index in [2.05, 4.69) is 4.98 Å². The second-order valence-electron chi connectivity index (χ2n) is 7.60. The summed E-state index contributed by atoms with van der Waals surface area (Å²) in [4.78, 5) is 6.06. The van der Waals surface area contributed by atoms with E-state index in [0.29, 0.717) is 30.1 Å². The van der Waals surface area contributed by atoms with Gasteiger partial charge in [-0.2, -0.15) is 4.39 Å². The molecule has 4 nitrogen and oxygen atoms in total. The zero-order valence-electron chi connectivity index (χ0n) is 15.4. The summed E-state index contributed by atoms with van der Waals surface area (Å²) in [6, 6.07) is 14.7. The fourth-order valence-corrected chi connectivity index (χ4v) is 6.64. The summed E-state index contributed by atoms with van der Waals surface area (Å²) >= 11 is 0. The monoisotopic (exact) mass is 412 g/mol. The molecule has 0 aliphatic carbocycles. The number of pyridine rings is 1. The average Bonchev–Trinajstić information content (AvgIpc) is 3.22. The van der Waals surface area contributed by atoms with Gasteiger partial charge in [0.15, 0.2) is 9.84 Å². The van der Waals surface area contributed by atoms with Gasteiger partial charge in [0.05, 0.1) is 10.1 Å². The molecule has 0 amide bonds. The Morgan fingerprint density at radius 3 is 2.55 bits per heavy atom. The number of nitrogens with zero attached hydrogens (tertiary/aromatic N) is 2. The van der Waals surface area contributed by atoms with Crippen molar-refractivity contribution in [2.24, 2.45) is 0 Å². The van der Waals surface area contributed by atoms with Crippen LogP contribution in [0.1, 0.15) is 17.0 Å². The van der Waals surface area contributed by atoms with E-state index in [1.807, 2.05) is 11.0 Å². The molecule has 0 bridgehead atoms. The third-order valence-electron chi connectivity index (χ3n) is 5.87. The Hall–Kier alpha value is -2.64. The van der Waals surface area contributed by atoms with E-state index in [1.54, 1.807) is 36.4 Å². The Balaban J connectivity index is 1.48. The van der Waals surface area contributed by atoms with Crippen molar-refractivity contribution < 1.29 is 17.2 Å². The van der Waals surface area contributed by atoms with Gasteiger partial charge in [0.25, 0.3) is 0 Å². The summed E-state index contributed by atoms with van der Waals surface area (Å²) in [5.41, 5.74) is 2.89. The molecule has 0 saturated carbocycles. The van der Waals surface area contributed by atoms with Crippen LogP contribution in [0.4, 0.5) is 8.78 Å². The normalized spacial score (nSPS) is 22.4. The van der Waals surface area contributed by atoms with Crippen LogP contribution in [-0.4, -0.2) is 36.6 Å². The molecule has 2 aliphatic heterocycles. The van der Waals surface area contributed by atoms with Crippen molar-refractivity contribution in [1.29, 1.82) is 0 Å². The summed E-state index contributed by atoms with van der Waals surface area (Å²) in [5.74, 6) is -0.994. The molecule has 0 radical (unpaired) electrons. The number of rotatable bonds is 3. The highest BCUT2D eigenvalue weighted by molar-refractivity contribution is 7.92. The summed E-state index contributed by atoms with van der Waals surface area (Å²) < 4.78 is 53.3. The van der Waals surface area contributed by atoms with Crippen LogP contribution in [0.25, 0.3) is 11.1 Å². The maximum atomic E-state index is 14.0. The number of fused-ring (bicyclic) bond motifs is 3. The smallest absolute Gasteiger partial charge is 0.212 e. The van der Waals surface area contributed by atoms with Gasteiger partial charge in [-0.05, 0) is 41.5 Å². The molecule has 29 heavy (non-hydrogen) atoms. The van der Waals surface area contributed by atoms with E-state index in [-0.39, 0.29) is 11.7 Å². The second kappa shape index (κ2) is 6.71. The van der Waals surface area contributed by atoms with E-state index < -0.39 is 21.0 Å². The maximum absolute atomic E-state index is 14.0. The molecule has 1 fully saturated rings. The largest absolute Gasteiger partial charge is 0.297 e. The molecule has 1 saturated heterocycles. The lowest BCUT2D eigenvalue weighted by Crippen LogP contribution is -2.26. The molecule has 2 aliphatic rings. The van der Waals surface area contributed by atoms with Gasteiger partial charge in [0.2, 0.25) is 5.95 Å². The van der Waals surface area contributed by atoms with Crippen molar-refractivity contribution in [3.05, 3.63) is 83.7 Å². The van der Waals surface area contributed by atoms with Crippen LogP contribution >= 0.6 is 0 Å². The van der Waals surface area contributed by atoms with Crippen LogP contribution in [0.2, 0.25) is 0 Å². The second-order valence-corrected chi connectivity index (χ2v) is 9.73. The molecule has 5 rings (SSSR count). The van der Waals surface area contributed by atoms with Gasteiger partial charge in [-0.15, -0.1) is 0 Å². The standard InChI is InChI=1S/C22H18F2N2O2S/c23-19-4-2-1-3-16(19)11-26-12-18-17-9-14(15-6-8-22(24)25-10-15)5-7-20(17)29(27,28)21(18)13-26/h1-10,18,21H,11-13H2/t18-,21+/m0/s1. The van der Waals surface area contributed by atoms with Gasteiger partial charge in [0.1, 0.15) is 5.82 Å². The molecule has 0 spiro atoms. The minimum atomic E-state index is -3.44. The van der Waals surface area contributed by atoms with Gasteiger partial charge >= 0.3 is 0 Å². The minimum Gasteiger partial charge on any atom is -0.297 e. The molecule has 1 aromatic heterocycles. The first-order valence-electron chi connectivity index (χ1n) is 9.39.